The van der Waals surface area contributed by atoms with Gasteiger partial charge in [0.1, 0.15) is 0 Å². The normalized spacial score (nSPS) is 11.6. The SMILES string of the molecule is COC(=O)c1cnc(Nc2cccc(C(C)OC)c2)c([N+](=O)[O-])c1. The van der Waals surface area contributed by atoms with Crippen LogP contribution in [0.3, 0.4) is 0 Å². The number of methoxy groups -OCH3 is 2. The van der Waals surface area contributed by atoms with Crippen molar-refractivity contribution in [2.24, 2.45) is 0 Å². The molecule has 2 rings (SSSR count). The first-order valence-electron chi connectivity index (χ1n) is 7.08. The highest BCUT2D eigenvalue weighted by Gasteiger charge is 2.20. The van der Waals surface area contributed by atoms with Crippen molar-refractivity contribution in [1.82, 2.24) is 4.98 Å². The van der Waals surface area contributed by atoms with Gasteiger partial charge in [-0.1, -0.05) is 12.1 Å². The lowest BCUT2D eigenvalue weighted by atomic mass is 10.1. The first kappa shape index (κ1) is 17.4. The molecule has 1 N–H and O–H groups in total. The second-order valence-electron chi connectivity index (χ2n) is 4.97. The molecule has 8 heteroatoms. The maximum absolute atomic E-state index is 11.5. The summed E-state index contributed by atoms with van der Waals surface area (Å²) in [6, 6.07) is 8.39. The highest BCUT2D eigenvalue weighted by atomic mass is 16.6. The van der Waals surface area contributed by atoms with E-state index in [9.17, 15) is 14.9 Å². The fourth-order valence-corrected chi connectivity index (χ4v) is 2.06. The summed E-state index contributed by atoms with van der Waals surface area (Å²) in [6.45, 7) is 1.89. The summed E-state index contributed by atoms with van der Waals surface area (Å²) in [5, 5.41) is 14.1. The third kappa shape index (κ3) is 3.85. The molecule has 0 saturated heterocycles. The molecule has 1 atom stereocenters. The molecule has 1 heterocycles. The number of aromatic nitrogens is 1. The van der Waals surface area contributed by atoms with E-state index in [0.29, 0.717) is 5.69 Å². The number of carbonyl (C=O) groups is 1. The van der Waals surface area contributed by atoms with Crippen molar-refractivity contribution in [2.45, 2.75) is 13.0 Å². The molecule has 0 spiro atoms. The van der Waals surface area contributed by atoms with E-state index in [0.717, 1.165) is 11.6 Å². The quantitative estimate of drug-likeness (QED) is 0.492. The molecule has 0 fully saturated rings. The van der Waals surface area contributed by atoms with Gasteiger partial charge in [0.2, 0.25) is 5.82 Å². The molecule has 0 saturated carbocycles. The third-order valence-corrected chi connectivity index (χ3v) is 3.46. The highest BCUT2D eigenvalue weighted by molar-refractivity contribution is 5.90. The van der Waals surface area contributed by atoms with Gasteiger partial charge >= 0.3 is 11.7 Å². The number of carbonyl (C=O) groups excluding carboxylic acids is 1. The lowest BCUT2D eigenvalue weighted by Gasteiger charge is -2.12. The predicted molar refractivity (Wildman–Crippen MR) is 87.4 cm³/mol. The van der Waals surface area contributed by atoms with Crippen molar-refractivity contribution < 1.29 is 19.2 Å². The smallest absolute Gasteiger partial charge is 0.339 e. The van der Waals surface area contributed by atoms with Crippen LogP contribution < -0.4 is 5.32 Å². The number of hydrogen-bond acceptors (Lipinski definition) is 7. The minimum Gasteiger partial charge on any atom is -0.465 e. The van der Waals surface area contributed by atoms with E-state index in [1.54, 1.807) is 13.2 Å². The molecule has 0 bridgehead atoms. The number of pyridine rings is 1. The zero-order valence-corrected chi connectivity index (χ0v) is 13.5. The van der Waals surface area contributed by atoms with Gasteiger partial charge in [0.15, 0.2) is 0 Å². The van der Waals surface area contributed by atoms with Crippen molar-refractivity contribution in [3.63, 3.8) is 0 Å². The Balaban J connectivity index is 2.35. The molecule has 0 aliphatic heterocycles. The molecule has 0 aliphatic carbocycles. The Morgan fingerprint density at radius 1 is 1.33 bits per heavy atom. The monoisotopic (exact) mass is 331 g/mol. The number of nitro groups is 1. The Labute approximate surface area is 138 Å². The van der Waals surface area contributed by atoms with Crippen LogP contribution in [0.2, 0.25) is 0 Å². The average Bonchev–Trinajstić information content (AvgIpc) is 2.60. The summed E-state index contributed by atoms with van der Waals surface area (Å²) in [4.78, 5) is 26.1. The molecule has 1 aromatic heterocycles. The maximum atomic E-state index is 11.5. The van der Waals surface area contributed by atoms with E-state index in [1.165, 1.54) is 13.3 Å². The molecule has 1 unspecified atom stereocenters. The molecule has 8 nitrogen and oxygen atoms in total. The maximum Gasteiger partial charge on any atom is 0.339 e. The lowest BCUT2D eigenvalue weighted by Crippen LogP contribution is -2.06. The number of rotatable bonds is 6. The molecule has 1 aromatic carbocycles. The number of benzene rings is 1. The van der Waals surface area contributed by atoms with Crippen LogP contribution in [0.15, 0.2) is 36.5 Å². The molecule has 24 heavy (non-hydrogen) atoms. The molecular formula is C16H17N3O5. The van der Waals surface area contributed by atoms with Crippen molar-refractivity contribution in [3.05, 3.63) is 57.8 Å². The fourth-order valence-electron chi connectivity index (χ4n) is 2.06. The first-order chi connectivity index (χ1) is 11.5. The number of ether oxygens (including phenoxy) is 2. The van der Waals surface area contributed by atoms with Crippen LogP contribution in [-0.4, -0.2) is 30.1 Å². The fraction of sp³-hybridized carbons (Fsp3) is 0.250. The molecule has 0 amide bonds. The second-order valence-corrected chi connectivity index (χ2v) is 4.97. The molecular weight excluding hydrogens is 314 g/mol. The van der Waals surface area contributed by atoms with Gasteiger partial charge in [-0.05, 0) is 24.6 Å². The number of nitrogens with one attached hydrogen (secondary N) is 1. The van der Waals surface area contributed by atoms with Gasteiger partial charge in [0.05, 0.1) is 23.7 Å². The topological polar surface area (TPSA) is 104 Å². The van der Waals surface area contributed by atoms with E-state index in [1.807, 2.05) is 25.1 Å². The number of anilines is 2. The van der Waals surface area contributed by atoms with E-state index < -0.39 is 10.9 Å². The van der Waals surface area contributed by atoms with Crippen molar-refractivity contribution in [2.75, 3.05) is 19.5 Å². The largest absolute Gasteiger partial charge is 0.465 e. The van der Waals surface area contributed by atoms with Gasteiger partial charge in [-0.3, -0.25) is 10.1 Å². The molecule has 0 aliphatic rings. The van der Waals surface area contributed by atoms with Crippen molar-refractivity contribution in [3.8, 4) is 0 Å². The number of nitrogens with zero attached hydrogens (tertiary/aromatic N) is 2. The van der Waals surface area contributed by atoms with Crippen LogP contribution in [0.1, 0.15) is 28.9 Å². The number of esters is 1. The Morgan fingerprint density at radius 2 is 2.08 bits per heavy atom. The van der Waals surface area contributed by atoms with Crippen LogP contribution in [0.4, 0.5) is 17.2 Å². The van der Waals surface area contributed by atoms with Gasteiger partial charge in [0.25, 0.3) is 0 Å². The standard InChI is InChI=1S/C16H17N3O5/c1-10(23-2)11-5-4-6-13(7-11)18-15-14(19(21)22)8-12(9-17-15)16(20)24-3/h4-10H,1-3H3,(H,17,18). The highest BCUT2D eigenvalue weighted by Crippen LogP contribution is 2.28. The van der Waals surface area contributed by atoms with Crippen LogP contribution in [0, 0.1) is 10.1 Å². The van der Waals surface area contributed by atoms with Gasteiger partial charge in [-0.25, -0.2) is 9.78 Å². The zero-order valence-electron chi connectivity index (χ0n) is 13.5. The van der Waals surface area contributed by atoms with E-state index >= 15 is 0 Å². The van der Waals surface area contributed by atoms with E-state index in [4.69, 9.17) is 4.74 Å². The minimum atomic E-state index is -0.687. The summed E-state index contributed by atoms with van der Waals surface area (Å²) in [5.74, 6) is -0.650. The second kappa shape index (κ2) is 7.51. The Hall–Kier alpha value is -3.00. The summed E-state index contributed by atoms with van der Waals surface area (Å²) < 4.78 is 9.80. The lowest BCUT2D eigenvalue weighted by molar-refractivity contribution is -0.384. The summed E-state index contributed by atoms with van der Waals surface area (Å²) in [7, 11) is 2.80. The van der Waals surface area contributed by atoms with Crippen LogP contribution in [0.5, 0.6) is 0 Å². The van der Waals surface area contributed by atoms with Gasteiger partial charge in [0, 0.05) is 25.1 Å². The first-order valence-corrected chi connectivity index (χ1v) is 7.08. The molecule has 2 aromatic rings. The average molecular weight is 331 g/mol. The third-order valence-electron chi connectivity index (χ3n) is 3.46. The Bertz CT molecular complexity index is 763. The van der Waals surface area contributed by atoms with Crippen LogP contribution in [-0.2, 0) is 9.47 Å². The van der Waals surface area contributed by atoms with E-state index in [2.05, 4.69) is 15.0 Å². The van der Waals surface area contributed by atoms with Gasteiger partial charge in [-0.2, -0.15) is 0 Å². The van der Waals surface area contributed by atoms with Crippen molar-refractivity contribution in [1.29, 1.82) is 0 Å². The molecule has 0 radical (unpaired) electrons. The summed E-state index contributed by atoms with van der Waals surface area (Å²) in [5.41, 5.74) is 1.23. The number of hydrogen-bond donors (Lipinski definition) is 1. The summed E-state index contributed by atoms with van der Waals surface area (Å²) >= 11 is 0. The Morgan fingerprint density at radius 3 is 2.71 bits per heavy atom. The molecule has 126 valence electrons. The van der Waals surface area contributed by atoms with Gasteiger partial charge < -0.3 is 14.8 Å². The van der Waals surface area contributed by atoms with Crippen molar-refractivity contribution >= 4 is 23.2 Å². The van der Waals surface area contributed by atoms with Gasteiger partial charge in [-0.15, -0.1) is 0 Å². The zero-order chi connectivity index (χ0) is 17.7. The van der Waals surface area contributed by atoms with Crippen LogP contribution in [0.25, 0.3) is 0 Å². The minimum absolute atomic E-state index is 0.0107. The summed E-state index contributed by atoms with van der Waals surface area (Å²) in [6.07, 6.45) is 1.11. The van der Waals surface area contributed by atoms with E-state index in [-0.39, 0.29) is 23.2 Å². The Kier molecular flexibility index (Phi) is 5.43. The van der Waals surface area contributed by atoms with Crippen LogP contribution >= 0.6 is 0 Å². The predicted octanol–water partition coefficient (Wildman–Crippen LogP) is 3.23.